The molecule has 82 valence electrons. The van der Waals surface area contributed by atoms with Crippen LogP contribution in [0.5, 0.6) is 0 Å². The first-order valence-electron chi connectivity index (χ1n) is 5.34. The molecule has 4 heteroatoms. The smallest absolute Gasteiger partial charge is 0.225 e. The Bertz CT molecular complexity index is 291. The highest BCUT2D eigenvalue weighted by Gasteiger charge is 2.06. The molecule has 0 saturated carbocycles. The Morgan fingerprint density at radius 1 is 1.20 bits per heavy atom. The number of nitrogens with zero attached hydrogens (tertiary/aromatic N) is 3. The molecule has 0 aromatic carbocycles. The molecule has 0 fully saturated rings. The minimum Gasteiger partial charge on any atom is -0.341 e. The average Bonchev–Trinajstić information content (AvgIpc) is 2.29. The summed E-state index contributed by atoms with van der Waals surface area (Å²) in [5.41, 5.74) is 0.520. The van der Waals surface area contributed by atoms with Crippen LogP contribution in [0, 0.1) is 0 Å². The zero-order valence-corrected chi connectivity index (χ0v) is 9.31. The van der Waals surface area contributed by atoms with Crippen molar-refractivity contribution >= 4 is 12.2 Å². The Morgan fingerprint density at radius 3 is 2.13 bits per heavy atom. The summed E-state index contributed by atoms with van der Waals surface area (Å²) in [5.74, 6) is 0.712. The Morgan fingerprint density at radius 2 is 1.73 bits per heavy atom. The summed E-state index contributed by atoms with van der Waals surface area (Å²) >= 11 is 0. The van der Waals surface area contributed by atoms with Gasteiger partial charge < -0.3 is 4.90 Å². The van der Waals surface area contributed by atoms with Gasteiger partial charge >= 0.3 is 0 Å². The van der Waals surface area contributed by atoms with Gasteiger partial charge in [0.2, 0.25) is 5.95 Å². The van der Waals surface area contributed by atoms with E-state index in [-0.39, 0.29) is 0 Å². The summed E-state index contributed by atoms with van der Waals surface area (Å²) in [7, 11) is 0. The van der Waals surface area contributed by atoms with E-state index in [2.05, 4.69) is 28.7 Å². The second-order valence-corrected chi connectivity index (χ2v) is 3.42. The van der Waals surface area contributed by atoms with Crippen molar-refractivity contribution in [2.24, 2.45) is 0 Å². The van der Waals surface area contributed by atoms with Crippen LogP contribution >= 0.6 is 0 Å². The number of hydrogen-bond donors (Lipinski definition) is 0. The highest BCUT2D eigenvalue weighted by Crippen LogP contribution is 2.07. The van der Waals surface area contributed by atoms with E-state index in [0.29, 0.717) is 11.5 Å². The Kier molecular flexibility index (Phi) is 4.74. The molecule has 0 atom stereocenters. The first-order chi connectivity index (χ1) is 7.31. The van der Waals surface area contributed by atoms with Gasteiger partial charge in [-0.1, -0.05) is 13.8 Å². The van der Waals surface area contributed by atoms with Crippen molar-refractivity contribution in [3.63, 3.8) is 0 Å². The predicted octanol–water partition coefficient (Wildman–Crippen LogP) is 1.92. The van der Waals surface area contributed by atoms with Gasteiger partial charge in [-0.05, 0) is 12.8 Å². The molecule has 0 amide bonds. The number of aldehydes is 1. The molecule has 0 unspecified atom stereocenters. The number of carbonyl (C=O) groups excluding carboxylic acids is 1. The fraction of sp³-hybridized carbons (Fsp3) is 0.545. The van der Waals surface area contributed by atoms with Gasteiger partial charge in [0.1, 0.15) is 0 Å². The lowest BCUT2D eigenvalue weighted by Gasteiger charge is -2.20. The van der Waals surface area contributed by atoms with Crippen molar-refractivity contribution in [1.29, 1.82) is 0 Å². The molecule has 0 saturated heterocycles. The van der Waals surface area contributed by atoms with Crippen LogP contribution in [0.25, 0.3) is 0 Å². The first-order valence-corrected chi connectivity index (χ1v) is 5.34. The molecule has 1 aromatic rings. The summed E-state index contributed by atoms with van der Waals surface area (Å²) in [4.78, 5) is 20.9. The van der Waals surface area contributed by atoms with Crippen molar-refractivity contribution in [2.75, 3.05) is 18.0 Å². The Labute approximate surface area is 90.3 Å². The maximum atomic E-state index is 10.4. The van der Waals surface area contributed by atoms with E-state index in [1.165, 1.54) is 0 Å². The molecule has 1 heterocycles. The number of aromatic nitrogens is 2. The fourth-order valence-electron chi connectivity index (χ4n) is 1.41. The topological polar surface area (TPSA) is 46.1 Å². The molecular weight excluding hydrogens is 190 g/mol. The summed E-state index contributed by atoms with van der Waals surface area (Å²) < 4.78 is 0. The molecule has 0 aliphatic heterocycles. The normalized spacial score (nSPS) is 10.0. The van der Waals surface area contributed by atoms with Crippen LogP contribution in [0.1, 0.15) is 37.0 Å². The molecular formula is C11H17N3O. The minimum absolute atomic E-state index is 0.520. The van der Waals surface area contributed by atoms with Crippen LogP contribution in [-0.2, 0) is 0 Å². The quantitative estimate of drug-likeness (QED) is 0.668. The van der Waals surface area contributed by atoms with E-state index in [0.717, 1.165) is 32.2 Å². The largest absolute Gasteiger partial charge is 0.341 e. The molecule has 4 nitrogen and oxygen atoms in total. The van der Waals surface area contributed by atoms with Crippen LogP contribution in [0.2, 0.25) is 0 Å². The number of anilines is 1. The van der Waals surface area contributed by atoms with Crippen molar-refractivity contribution in [3.8, 4) is 0 Å². The zero-order chi connectivity index (χ0) is 11.1. The van der Waals surface area contributed by atoms with E-state index in [9.17, 15) is 4.79 Å². The van der Waals surface area contributed by atoms with Crippen molar-refractivity contribution in [3.05, 3.63) is 18.0 Å². The zero-order valence-electron chi connectivity index (χ0n) is 9.31. The monoisotopic (exact) mass is 207 g/mol. The second kappa shape index (κ2) is 6.11. The maximum absolute atomic E-state index is 10.4. The van der Waals surface area contributed by atoms with E-state index >= 15 is 0 Å². The summed E-state index contributed by atoms with van der Waals surface area (Å²) in [5, 5.41) is 0. The molecule has 0 radical (unpaired) electrons. The van der Waals surface area contributed by atoms with Crippen molar-refractivity contribution < 1.29 is 4.79 Å². The van der Waals surface area contributed by atoms with Crippen LogP contribution in [0.3, 0.4) is 0 Å². The van der Waals surface area contributed by atoms with Gasteiger partial charge in [0.15, 0.2) is 6.29 Å². The van der Waals surface area contributed by atoms with Crippen LogP contribution in [0.15, 0.2) is 12.4 Å². The molecule has 1 aromatic heterocycles. The summed E-state index contributed by atoms with van der Waals surface area (Å²) in [6.07, 6.45) is 6.02. The molecule has 0 aliphatic carbocycles. The molecule has 0 N–H and O–H groups in total. The third-order valence-electron chi connectivity index (χ3n) is 2.06. The molecule has 0 bridgehead atoms. The van der Waals surface area contributed by atoms with Gasteiger partial charge in [-0.15, -0.1) is 0 Å². The van der Waals surface area contributed by atoms with Crippen molar-refractivity contribution in [1.82, 2.24) is 9.97 Å². The van der Waals surface area contributed by atoms with Gasteiger partial charge in [-0.3, -0.25) is 4.79 Å². The number of hydrogen-bond acceptors (Lipinski definition) is 4. The highest BCUT2D eigenvalue weighted by atomic mass is 16.1. The maximum Gasteiger partial charge on any atom is 0.225 e. The van der Waals surface area contributed by atoms with Gasteiger partial charge in [0.25, 0.3) is 0 Å². The average molecular weight is 207 g/mol. The van der Waals surface area contributed by atoms with E-state index < -0.39 is 0 Å². The molecule has 0 aliphatic rings. The van der Waals surface area contributed by atoms with E-state index in [1.807, 2.05) is 0 Å². The molecule has 1 rings (SSSR count). The lowest BCUT2D eigenvalue weighted by Crippen LogP contribution is -2.26. The van der Waals surface area contributed by atoms with E-state index in [1.54, 1.807) is 12.4 Å². The third kappa shape index (κ3) is 3.31. The van der Waals surface area contributed by atoms with Gasteiger partial charge in [-0.2, -0.15) is 0 Å². The second-order valence-electron chi connectivity index (χ2n) is 3.42. The first kappa shape index (κ1) is 11.6. The minimum atomic E-state index is 0.520. The predicted molar refractivity (Wildman–Crippen MR) is 60.2 cm³/mol. The van der Waals surface area contributed by atoms with Crippen LogP contribution in [-0.4, -0.2) is 29.3 Å². The van der Waals surface area contributed by atoms with E-state index in [4.69, 9.17) is 0 Å². The standard InChI is InChI=1S/C11H17N3O/c1-3-5-14(6-4-2)11-12-7-10(9-15)8-13-11/h7-9H,3-6H2,1-2H3. The Hall–Kier alpha value is -1.45. The molecule has 15 heavy (non-hydrogen) atoms. The van der Waals surface area contributed by atoms with Gasteiger partial charge in [-0.25, -0.2) is 9.97 Å². The number of rotatable bonds is 6. The van der Waals surface area contributed by atoms with Crippen molar-refractivity contribution in [2.45, 2.75) is 26.7 Å². The third-order valence-corrected chi connectivity index (χ3v) is 2.06. The van der Waals surface area contributed by atoms with Crippen LogP contribution < -0.4 is 4.90 Å². The number of carbonyl (C=O) groups is 1. The van der Waals surface area contributed by atoms with Crippen LogP contribution in [0.4, 0.5) is 5.95 Å². The SMILES string of the molecule is CCCN(CCC)c1ncc(C=O)cn1. The highest BCUT2D eigenvalue weighted by molar-refractivity contribution is 5.73. The lowest BCUT2D eigenvalue weighted by atomic mass is 10.3. The fourth-order valence-corrected chi connectivity index (χ4v) is 1.41. The Balaban J connectivity index is 2.76. The lowest BCUT2D eigenvalue weighted by molar-refractivity contribution is 0.112. The summed E-state index contributed by atoms with van der Waals surface area (Å²) in [6.45, 7) is 6.16. The summed E-state index contributed by atoms with van der Waals surface area (Å²) in [6, 6.07) is 0. The molecule has 0 spiro atoms. The van der Waals surface area contributed by atoms with Gasteiger partial charge in [0.05, 0.1) is 5.56 Å². The van der Waals surface area contributed by atoms with Gasteiger partial charge in [0, 0.05) is 25.5 Å².